The molecule has 0 N–H and O–H groups in total. The quantitative estimate of drug-likeness (QED) is 0.608. The highest BCUT2D eigenvalue weighted by Crippen LogP contribution is 2.43. The van der Waals surface area contributed by atoms with E-state index in [1.54, 1.807) is 0 Å². The minimum Gasteiger partial charge on any atom is -0.300 e. The molecule has 4 heterocycles. The molecule has 0 amide bonds. The van der Waals surface area contributed by atoms with Crippen molar-refractivity contribution in [2.24, 2.45) is 0 Å². The Morgan fingerprint density at radius 1 is 0.893 bits per heavy atom. The number of likely N-dealkylation sites (N-methyl/N-ethyl adjacent to an activating group) is 1. The Morgan fingerprint density at radius 2 is 1.57 bits per heavy atom. The van der Waals surface area contributed by atoms with Crippen molar-refractivity contribution >= 4 is 6.08 Å². The zero-order chi connectivity index (χ0) is 19.7. The molecule has 4 aliphatic rings. The SMILES string of the molecule is C=CC12CCCC(CC1)N2C.C=Cc1ccc(C2CC3CCC(C2)N3C)cc1. The average molecular weight is 379 g/mol. The van der Waals surface area contributed by atoms with E-state index < -0.39 is 0 Å². The zero-order valence-corrected chi connectivity index (χ0v) is 17.9. The molecule has 5 rings (SSSR count). The summed E-state index contributed by atoms with van der Waals surface area (Å²) < 4.78 is 0. The van der Waals surface area contributed by atoms with Crippen LogP contribution in [0.15, 0.2) is 43.5 Å². The molecule has 4 bridgehead atoms. The topological polar surface area (TPSA) is 6.48 Å². The fourth-order valence-electron chi connectivity index (χ4n) is 6.37. The van der Waals surface area contributed by atoms with E-state index >= 15 is 0 Å². The Balaban J connectivity index is 0.000000151. The molecule has 4 saturated heterocycles. The van der Waals surface area contributed by atoms with E-state index in [0.29, 0.717) is 5.54 Å². The third-order valence-corrected chi connectivity index (χ3v) is 8.43. The largest absolute Gasteiger partial charge is 0.300 e. The van der Waals surface area contributed by atoms with Crippen molar-refractivity contribution in [2.45, 2.75) is 87.4 Å². The molecule has 0 aromatic heterocycles. The molecule has 1 aromatic rings. The predicted molar refractivity (Wildman–Crippen MR) is 121 cm³/mol. The molecule has 0 aliphatic carbocycles. The van der Waals surface area contributed by atoms with Gasteiger partial charge >= 0.3 is 0 Å². The molecular formula is C26H38N2. The first-order valence-corrected chi connectivity index (χ1v) is 11.4. The van der Waals surface area contributed by atoms with Crippen LogP contribution in [0.2, 0.25) is 0 Å². The van der Waals surface area contributed by atoms with Gasteiger partial charge in [0.25, 0.3) is 0 Å². The molecule has 4 aliphatic heterocycles. The highest BCUT2D eigenvalue weighted by molar-refractivity contribution is 5.47. The first kappa shape index (κ1) is 19.9. The lowest BCUT2D eigenvalue weighted by Gasteiger charge is -2.40. The molecule has 28 heavy (non-hydrogen) atoms. The van der Waals surface area contributed by atoms with Gasteiger partial charge in [-0.3, -0.25) is 4.90 Å². The molecule has 2 heteroatoms. The van der Waals surface area contributed by atoms with Crippen LogP contribution >= 0.6 is 0 Å². The third-order valence-electron chi connectivity index (χ3n) is 8.43. The summed E-state index contributed by atoms with van der Waals surface area (Å²) in [5, 5.41) is 0. The van der Waals surface area contributed by atoms with Crippen LogP contribution in [-0.2, 0) is 0 Å². The van der Waals surface area contributed by atoms with Gasteiger partial charge in [0.1, 0.15) is 0 Å². The van der Waals surface area contributed by atoms with Crippen LogP contribution in [0.3, 0.4) is 0 Å². The maximum atomic E-state index is 3.96. The average Bonchev–Trinajstić information content (AvgIpc) is 3.05. The zero-order valence-electron chi connectivity index (χ0n) is 17.9. The standard InChI is InChI=1S/C16H21N.C10H17N/c1-3-12-4-6-13(7-5-12)14-10-15-8-9-16(11-14)17(15)2;1-3-10-7-4-5-9(6-8-10)11(10)2/h3-7,14-16H,1,8-11H2,2H3;3,9H,1,4-8H2,2H3. The Kier molecular flexibility index (Phi) is 5.81. The van der Waals surface area contributed by atoms with Gasteiger partial charge in [0.2, 0.25) is 0 Å². The molecule has 0 spiro atoms. The van der Waals surface area contributed by atoms with E-state index in [9.17, 15) is 0 Å². The highest BCUT2D eigenvalue weighted by Gasteiger charge is 2.44. The van der Waals surface area contributed by atoms with E-state index in [-0.39, 0.29) is 0 Å². The Labute approximate surface area is 172 Å². The maximum Gasteiger partial charge on any atom is 0.0389 e. The Hall–Kier alpha value is -1.38. The van der Waals surface area contributed by atoms with Gasteiger partial charge in [-0.1, -0.05) is 43.0 Å². The van der Waals surface area contributed by atoms with Crippen molar-refractivity contribution < 1.29 is 0 Å². The van der Waals surface area contributed by atoms with Crippen molar-refractivity contribution in [1.29, 1.82) is 0 Å². The molecule has 152 valence electrons. The summed E-state index contributed by atoms with van der Waals surface area (Å²) in [5.74, 6) is 0.780. The monoisotopic (exact) mass is 378 g/mol. The van der Waals surface area contributed by atoms with Crippen LogP contribution in [0.25, 0.3) is 6.08 Å². The molecule has 1 aromatic carbocycles. The fraction of sp³-hybridized carbons (Fsp3) is 0.615. The smallest absolute Gasteiger partial charge is 0.0389 e. The number of benzene rings is 1. The maximum absolute atomic E-state index is 3.96. The second-order valence-corrected chi connectivity index (χ2v) is 9.59. The summed E-state index contributed by atoms with van der Waals surface area (Å²) in [4.78, 5) is 5.15. The van der Waals surface area contributed by atoms with E-state index in [1.165, 1.54) is 68.9 Å². The van der Waals surface area contributed by atoms with Crippen LogP contribution < -0.4 is 0 Å². The summed E-state index contributed by atoms with van der Waals surface area (Å²) in [6.07, 6.45) is 16.5. The van der Waals surface area contributed by atoms with Crippen molar-refractivity contribution in [3.05, 3.63) is 54.6 Å². The number of nitrogens with zero attached hydrogens (tertiary/aromatic N) is 2. The Morgan fingerprint density at radius 3 is 2.14 bits per heavy atom. The molecule has 0 saturated carbocycles. The van der Waals surface area contributed by atoms with E-state index in [1.807, 2.05) is 6.08 Å². The second kappa shape index (κ2) is 8.16. The van der Waals surface area contributed by atoms with Gasteiger partial charge < -0.3 is 4.90 Å². The van der Waals surface area contributed by atoms with Gasteiger partial charge in [-0.2, -0.15) is 0 Å². The highest BCUT2D eigenvalue weighted by atomic mass is 15.2. The molecule has 0 radical (unpaired) electrons. The van der Waals surface area contributed by atoms with Gasteiger partial charge in [-0.25, -0.2) is 0 Å². The van der Waals surface area contributed by atoms with Crippen LogP contribution in [0.5, 0.6) is 0 Å². The third kappa shape index (κ3) is 3.62. The van der Waals surface area contributed by atoms with Crippen LogP contribution in [0.1, 0.15) is 74.8 Å². The first-order valence-electron chi connectivity index (χ1n) is 11.4. The van der Waals surface area contributed by atoms with Gasteiger partial charge in [0, 0.05) is 23.7 Å². The lowest BCUT2D eigenvalue weighted by atomic mass is 9.85. The van der Waals surface area contributed by atoms with E-state index in [4.69, 9.17) is 0 Å². The second-order valence-electron chi connectivity index (χ2n) is 9.59. The molecule has 4 fully saturated rings. The molecular weight excluding hydrogens is 340 g/mol. The molecule has 2 nitrogen and oxygen atoms in total. The normalized spacial score (nSPS) is 37.2. The summed E-state index contributed by atoms with van der Waals surface area (Å²) >= 11 is 0. The van der Waals surface area contributed by atoms with Gasteiger partial charge in [-0.15, -0.1) is 6.58 Å². The van der Waals surface area contributed by atoms with Crippen LogP contribution in [0.4, 0.5) is 0 Å². The van der Waals surface area contributed by atoms with Gasteiger partial charge in [0.05, 0.1) is 0 Å². The van der Waals surface area contributed by atoms with E-state index in [2.05, 4.69) is 67.4 Å². The van der Waals surface area contributed by atoms with E-state index in [0.717, 1.165) is 24.0 Å². The number of piperidine rings is 2. The summed E-state index contributed by atoms with van der Waals surface area (Å²) in [5.41, 5.74) is 3.15. The fourth-order valence-corrected chi connectivity index (χ4v) is 6.37. The minimum atomic E-state index is 0.392. The summed E-state index contributed by atoms with van der Waals surface area (Å²) in [7, 11) is 4.57. The number of fused-ring (bicyclic) bond motifs is 4. The Bertz CT molecular complexity index is 675. The lowest BCUT2D eigenvalue weighted by molar-refractivity contribution is 0.122. The van der Waals surface area contributed by atoms with Gasteiger partial charge in [-0.05, 0) is 88.9 Å². The predicted octanol–water partition coefficient (Wildman–Crippen LogP) is 5.86. The number of hydrogen-bond donors (Lipinski definition) is 0. The molecule has 4 unspecified atom stereocenters. The molecule has 4 atom stereocenters. The first-order chi connectivity index (χ1) is 13.6. The van der Waals surface area contributed by atoms with Crippen LogP contribution in [-0.4, -0.2) is 47.6 Å². The van der Waals surface area contributed by atoms with Crippen molar-refractivity contribution in [1.82, 2.24) is 9.80 Å². The van der Waals surface area contributed by atoms with Crippen molar-refractivity contribution in [3.8, 4) is 0 Å². The van der Waals surface area contributed by atoms with Crippen molar-refractivity contribution in [2.75, 3.05) is 14.1 Å². The van der Waals surface area contributed by atoms with Crippen molar-refractivity contribution in [3.63, 3.8) is 0 Å². The lowest BCUT2D eigenvalue weighted by Crippen LogP contribution is -2.46. The summed E-state index contributed by atoms with van der Waals surface area (Å²) in [6.45, 7) is 7.77. The number of rotatable bonds is 3. The minimum absolute atomic E-state index is 0.392. The van der Waals surface area contributed by atoms with Crippen LogP contribution in [0, 0.1) is 0 Å². The van der Waals surface area contributed by atoms with Gasteiger partial charge in [0.15, 0.2) is 0 Å². The summed E-state index contributed by atoms with van der Waals surface area (Å²) in [6, 6.07) is 11.5. The number of hydrogen-bond acceptors (Lipinski definition) is 2.